The maximum Gasteiger partial charge on any atom is 0.236 e. The molecular formula is C9H18N2O2. The third-order valence-corrected chi connectivity index (χ3v) is 2.37. The molecule has 1 fully saturated rings. The number of amides is 1. The largest absolute Gasteiger partial charge is 0.381 e. The Labute approximate surface area is 78.8 Å². The molecule has 0 bridgehead atoms. The number of nitrogens with two attached hydrogens (primary N) is 1. The summed E-state index contributed by atoms with van der Waals surface area (Å²) in [7, 11) is 0. The molecule has 0 aromatic heterocycles. The van der Waals surface area contributed by atoms with Crippen LogP contribution in [0.3, 0.4) is 0 Å². The minimum Gasteiger partial charge on any atom is -0.381 e. The normalized spacial score (nSPS) is 24.3. The average molecular weight is 186 g/mol. The predicted molar refractivity (Wildman–Crippen MR) is 50.2 cm³/mol. The first-order chi connectivity index (χ1) is 6.24. The van der Waals surface area contributed by atoms with Crippen LogP contribution < -0.4 is 11.1 Å². The Morgan fingerprint density at radius 1 is 1.77 bits per heavy atom. The molecule has 76 valence electrons. The molecule has 0 aliphatic carbocycles. The highest BCUT2D eigenvalue weighted by Crippen LogP contribution is 2.10. The number of hydrogen-bond acceptors (Lipinski definition) is 3. The van der Waals surface area contributed by atoms with E-state index in [0.29, 0.717) is 18.9 Å². The summed E-state index contributed by atoms with van der Waals surface area (Å²) < 4.78 is 5.19. The highest BCUT2D eigenvalue weighted by molar-refractivity contribution is 5.81. The Bertz CT molecular complexity index is 167. The Morgan fingerprint density at radius 2 is 2.54 bits per heavy atom. The van der Waals surface area contributed by atoms with Gasteiger partial charge in [-0.25, -0.2) is 0 Å². The summed E-state index contributed by atoms with van der Waals surface area (Å²) in [5.41, 5.74) is 5.56. The first-order valence-electron chi connectivity index (χ1n) is 4.85. The fourth-order valence-corrected chi connectivity index (χ4v) is 1.31. The topological polar surface area (TPSA) is 64.4 Å². The first-order valence-corrected chi connectivity index (χ1v) is 4.85. The smallest absolute Gasteiger partial charge is 0.236 e. The summed E-state index contributed by atoms with van der Waals surface area (Å²) >= 11 is 0. The van der Waals surface area contributed by atoms with E-state index in [4.69, 9.17) is 10.5 Å². The lowest BCUT2D eigenvalue weighted by atomic mass is 10.1. The molecule has 1 amide bonds. The van der Waals surface area contributed by atoms with Crippen LogP contribution in [0.5, 0.6) is 0 Å². The van der Waals surface area contributed by atoms with Gasteiger partial charge in [-0.3, -0.25) is 4.79 Å². The van der Waals surface area contributed by atoms with Crippen molar-refractivity contribution in [3.63, 3.8) is 0 Å². The zero-order chi connectivity index (χ0) is 9.68. The lowest BCUT2D eigenvalue weighted by molar-refractivity contribution is -0.122. The molecule has 0 spiro atoms. The van der Waals surface area contributed by atoms with Gasteiger partial charge in [0.25, 0.3) is 0 Å². The number of carbonyl (C=O) groups is 1. The van der Waals surface area contributed by atoms with E-state index in [-0.39, 0.29) is 11.9 Å². The van der Waals surface area contributed by atoms with Crippen LogP contribution in [0.15, 0.2) is 0 Å². The van der Waals surface area contributed by atoms with Crippen LogP contribution in [0, 0.1) is 5.92 Å². The highest BCUT2D eigenvalue weighted by Gasteiger charge is 2.17. The third kappa shape index (κ3) is 3.32. The van der Waals surface area contributed by atoms with E-state index < -0.39 is 0 Å². The number of nitrogens with one attached hydrogen (secondary N) is 1. The van der Waals surface area contributed by atoms with Crippen LogP contribution in [0.25, 0.3) is 0 Å². The van der Waals surface area contributed by atoms with Gasteiger partial charge in [-0.15, -0.1) is 0 Å². The molecule has 0 radical (unpaired) electrons. The minimum absolute atomic E-state index is 0.0469. The molecule has 13 heavy (non-hydrogen) atoms. The predicted octanol–water partition coefficient (Wildman–Crippen LogP) is -0.124. The molecule has 3 N–H and O–H groups in total. The molecule has 1 rings (SSSR count). The lowest BCUT2D eigenvalue weighted by Gasteiger charge is -2.12. The summed E-state index contributed by atoms with van der Waals surface area (Å²) in [4.78, 5) is 11.3. The zero-order valence-electron chi connectivity index (χ0n) is 8.08. The monoisotopic (exact) mass is 186 g/mol. The maximum absolute atomic E-state index is 11.3. The van der Waals surface area contributed by atoms with Crippen molar-refractivity contribution in [1.29, 1.82) is 0 Å². The standard InChI is InChI=1S/C9H18N2O2/c1-2-8(10)9(12)11-5-7-3-4-13-6-7/h7-8H,2-6,10H2,1H3,(H,11,12)/t7?,8-/m0/s1. The molecule has 1 saturated heterocycles. The Hall–Kier alpha value is -0.610. The van der Waals surface area contributed by atoms with E-state index in [1.807, 2.05) is 6.92 Å². The van der Waals surface area contributed by atoms with E-state index in [1.165, 1.54) is 0 Å². The van der Waals surface area contributed by atoms with Crippen molar-refractivity contribution < 1.29 is 9.53 Å². The van der Waals surface area contributed by atoms with Gasteiger partial charge >= 0.3 is 0 Å². The summed E-state index contributed by atoms with van der Waals surface area (Å²) in [5.74, 6) is 0.433. The number of rotatable bonds is 4. The van der Waals surface area contributed by atoms with Gasteiger partial charge in [0.1, 0.15) is 0 Å². The molecule has 1 aliphatic heterocycles. The maximum atomic E-state index is 11.3. The second-order valence-corrected chi connectivity index (χ2v) is 3.49. The molecule has 1 aliphatic rings. The van der Waals surface area contributed by atoms with Crippen LogP contribution >= 0.6 is 0 Å². The van der Waals surface area contributed by atoms with Crippen molar-refractivity contribution in [2.45, 2.75) is 25.8 Å². The second-order valence-electron chi connectivity index (χ2n) is 3.49. The van der Waals surface area contributed by atoms with Gasteiger partial charge in [0, 0.05) is 19.1 Å². The molecule has 1 heterocycles. The van der Waals surface area contributed by atoms with Gasteiger partial charge in [0.2, 0.25) is 5.91 Å². The van der Waals surface area contributed by atoms with E-state index >= 15 is 0 Å². The molecule has 0 aromatic rings. The fourth-order valence-electron chi connectivity index (χ4n) is 1.31. The fraction of sp³-hybridized carbons (Fsp3) is 0.889. The summed E-state index contributed by atoms with van der Waals surface area (Å²) in [5, 5.41) is 2.83. The first kappa shape index (κ1) is 10.5. The Balaban J connectivity index is 2.13. The van der Waals surface area contributed by atoms with E-state index in [0.717, 1.165) is 19.6 Å². The molecular weight excluding hydrogens is 168 g/mol. The molecule has 4 heteroatoms. The van der Waals surface area contributed by atoms with Crippen molar-refractivity contribution in [3.8, 4) is 0 Å². The summed E-state index contributed by atoms with van der Waals surface area (Å²) in [6.45, 7) is 4.19. The van der Waals surface area contributed by atoms with Gasteiger partial charge in [0.05, 0.1) is 12.6 Å². The SMILES string of the molecule is CC[C@H](N)C(=O)NCC1CCOC1. The molecule has 4 nitrogen and oxygen atoms in total. The Kier molecular flexibility index (Phi) is 4.18. The van der Waals surface area contributed by atoms with E-state index in [9.17, 15) is 4.79 Å². The van der Waals surface area contributed by atoms with Crippen LogP contribution in [-0.4, -0.2) is 31.7 Å². The molecule has 2 atom stereocenters. The summed E-state index contributed by atoms with van der Waals surface area (Å²) in [6.07, 6.45) is 1.73. The van der Waals surface area contributed by atoms with Crippen molar-refractivity contribution in [1.82, 2.24) is 5.32 Å². The molecule has 1 unspecified atom stereocenters. The van der Waals surface area contributed by atoms with Gasteiger partial charge in [-0.2, -0.15) is 0 Å². The van der Waals surface area contributed by atoms with Crippen LogP contribution in [-0.2, 0) is 9.53 Å². The van der Waals surface area contributed by atoms with Gasteiger partial charge in [-0.1, -0.05) is 6.92 Å². The minimum atomic E-state index is -0.359. The highest BCUT2D eigenvalue weighted by atomic mass is 16.5. The van der Waals surface area contributed by atoms with Crippen molar-refractivity contribution >= 4 is 5.91 Å². The van der Waals surface area contributed by atoms with Crippen LogP contribution in [0.4, 0.5) is 0 Å². The Morgan fingerprint density at radius 3 is 3.08 bits per heavy atom. The zero-order valence-corrected chi connectivity index (χ0v) is 8.08. The summed E-state index contributed by atoms with van der Waals surface area (Å²) in [6, 6.07) is -0.359. The average Bonchev–Trinajstić information content (AvgIpc) is 2.65. The van der Waals surface area contributed by atoms with Gasteiger partial charge < -0.3 is 15.8 Å². The van der Waals surface area contributed by atoms with Gasteiger partial charge in [-0.05, 0) is 12.8 Å². The van der Waals surface area contributed by atoms with Crippen molar-refractivity contribution in [3.05, 3.63) is 0 Å². The van der Waals surface area contributed by atoms with Crippen LogP contribution in [0.2, 0.25) is 0 Å². The second kappa shape index (κ2) is 5.19. The lowest BCUT2D eigenvalue weighted by Crippen LogP contribution is -2.42. The van der Waals surface area contributed by atoms with Crippen LogP contribution in [0.1, 0.15) is 19.8 Å². The van der Waals surface area contributed by atoms with Crippen molar-refractivity contribution in [2.75, 3.05) is 19.8 Å². The number of ether oxygens (including phenoxy) is 1. The van der Waals surface area contributed by atoms with Gasteiger partial charge in [0.15, 0.2) is 0 Å². The molecule has 0 saturated carbocycles. The number of hydrogen-bond donors (Lipinski definition) is 2. The molecule has 0 aromatic carbocycles. The number of carbonyl (C=O) groups excluding carboxylic acids is 1. The van der Waals surface area contributed by atoms with Crippen molar-refractivity contribution in [2.24, 2.45) is 11.7 Å². The quantitative estimate of drug-likeness (QED) is 0.643. The third-order valence-electron chi connectivity index (χ3n) is 2.37. The van der Waals surface area contributed by atoms with E-state index in [1.54, 1.807) is 0 Å². The van der Waals surface area contributed by atoms with E-state index in [2.05, 4.69) is 5.32 Å².